The van der Waals surface area contributed by atoms with E-state index in [1.165, 1.54) is 10.4 Å². The van der Waals surface area contributed by atoms with Crippen LogP contribution in [0, 0.1) is 11.3 Å². The summed E-state index contributed by atoms with van der Waals surface area (Å²) in [6.45, 7) is 1.86. The average Bonchev–Trinajstić information content (AvgIpc) is 3.42. The number of amides is 1. The van der Waals surface area contributed by atoms with Crippen LogP contribution in [0.2, 0.25) is 0 Å². The third-order valence-corrected chi connectivity index (χ3v) is 8.14. The van der Waals surface area contributed by atoms with E-state index in [0.29, 0.717) is 30.0 Å². The van der Waals surface area contributed by atoms with E-state index < -0.39 is 28.5 Å². The second-order valence-corrected chi connectivity index (χ2v) is 10.6. The van der Waals surface area contributed by atoms with E-state index in [0.717, 1.165) is 45.2 Å². The van der Waals surface area contributed by atoms with Crippen molar-refractivity contribution in [1.29, 1.82) is 5.26 Å². The lowest BCUT2D eigenvalue weighted by Gasteiger charge is -2.27. The molecule has 0 bridgehead atoms. The molecule has 0 atom stereocenters. The SMILES string of the molecule is N#Cc1ccccc1NC(=O)COC(=O)c1cc(S(=O)(=O)N2CCCCC2)ccc1N1CCCC1. The molecule has 2 fully saturated rings. The van der Waals surface area contributed by atoms with Gasteiger partial charge in [0.15, 0.2) is 6.61 Å². The van der Waals surface area contributed by atoms with Crippen molar-refractivity contribution in [3.8, 4) is 6.07 Å². The number of nitrogens with one attached hydrogen (secondary N) is 1. The lowest BCUT2D eigenvalue weighted by atomic mass is 10.1. The summed E-state index contributed by atoms with van der Waals surface area (Å²) in [5.74, 6) is -1.37. The number of benzene rings is 2. The molecular weight excluding hydrogens is 468 g/mol. The van der Waals surface area contributed by atoms with Crippen LogP contribution in [0.3, 0.4) is 0 Å². The van der Waals surface area contributed by atoms with Crippen LogP contribution in [0.15, 0.2) is 47.4 Å². The lowest BCUT2D eigenvalue weighted by Crippen LogP contribution is -2.35. The monoisotopic (exact) mass is 496 g/mol. The molecule has 2 aromatic carbocycles. The number of nitriles is 1. The van der Waals surface area contributed by atoms with Gasteiger partial charge in [-0.3, -0.25) is 4.79 Å². The van der Waals surface area contributed by atoms with Crippen molar-refractivity contribution in [3.63, 3.8) is 0 Å². The third-order valence-electron chi connectivity index (χ3n) is 6.24. The molecule has 0 spiro atoms. The Labute approximate surface area is 205 Å². The lowest BCUT2D eigenvalue weighted by molar-refractivity contribution is -0.119. The topological polar surface area (TPSA) is 120 Å². The van der Waals surface area contributed by atoms with Crippen LogP contribution in [0.25, 0.3) is 0 Å². The molecular formula is C25H28N4O5S. The summed E-state index contributed by atoms with van der Waals surface area (Å²) in [7, 11) is -3.74. The second-order valence-electron chi connectivity index (χ2n) is 8.62. The molecule has 1 N–H and O–H groups in total. The Morgan fingerprint density at radius 2 is 1.66 bits per heavy atom. The number of hydrogen-bond acceptors (Lipinski definition) is 7. The van der Waals surface area contributed by atoms with Gasteiger partial charge in [0, 0.05) is 26.2 Å². The first-order chi connectivity index (χ1) is 16.9. The number of hydrogen-bond donors (Lipinski definition) is 1. The summed E-state index contributed by atoms with van der Waals surface area (Å²) >= 11 is 0. The maximum absolute atomic E-state index is 13.2. The highest BCUT2D eigenvalue weighted by Gasteiger charge is 2.29. The number of ether oxygens (including phenoxy) is 1. The predicted molar refractivity (Wildman–Crippen MR) is 131 cm³/mol. The Morgan fingerprint density at radius 3 is 2.37 bits per heavy atom. The molecule has 2 heterocycles. The van der Waals surface area contributed by atoms with Gasteiger partial charge in [-0.2, -0.15) is 9.57 Å². The molecule has 0 radical (unpaired) electrons. The van der Waals surface area contributed by atoms with Gasteiger partial charge in [0.25, 0.3) is 5.91 Å². The van der Waals surface area contributed by atoms with Crippen molar-refractivity contribution in [2.24, 2.45) is 0 Å². The molecule has 9 nitrogen and oxygen atoms in total. The molecule has 0 saturated carbocycles. The molecule has 1 amide bonds. The first kappa shape index (κ1) is 24.7. The number of para-hydroxylation sites is 1. The molecule has 184 valence electrons. The van der Waals surface area contributed by atoms with Crippen LogP contribution in [0.4, 0.5) is 11.4 Å². The van der Waals surface area contributed by atoms with Gasteiger partial charge in [0.1, 0.15) is 6.07 Å². The Morgan fingerprint density at radius 1 is 0.971 bits per heavy atom. The minimum atomic E-state index is -3.74. The molecule has 0 aromatic heterocycles. The highest BCUT2D eigenvalue weighted by molar-refractivity contribution is 7.89. The fourth-order valence-corrected chi connectivity index (χ4v) is 5.96. The van der Waals surface area contributed by atoms with E-state index in [9.17, 15) is 23.3 Å². The zero-order chi connectivity index (χ0) is 24.8. The number of esters is 1. The number of piperidine rings is 1. The van der Waals surface area contributed by atoms with Crippen LogP contribution in [0.1, 0.15) is 48.0 Å². The molecule has 0 unspecified atom stereocenters. The normalized spacial score (nSPS) is 16.5. The van der Waals surface area contributed by atoms with Crippen molar-refractivity contribution in [3.05, 3.63) is 53.6 Å². The molecule has 2 aromatic rings. The Hall–Kier alpha value is -3.42. The van der Waals surface area contributed by atoms with E-state index in [1.54, 1.807) is 36.4 Å². The zero-order valence-corrected chi connectivity index (χ0v) is 20.2. The van der Waals surface area contributed by atoms with E-state index >= 15 is 0 Å². The van der Waals surface area contributed by atoms with Crippen LogP contribution >= 0.6 is 0 Å². The van der Waals surface area contributed by atoms with Crippen molar-refractivity contribution in [1.82, 2.24) is 4.31 Å². The molecule has 35 heavy (non-hydrogen) atoms. The first-order valence-corrected chi connectivity index (χ1v) is 13.2. The molecule has 4 rings (SSSR count). The third kappa shape index (κ3) is 5.63. The van der Waals surface area contributed by atoms with Crippen molar-refractivity contribution < 1.29 is 22.7 Å². The Bertz CT molecular complexity index is 1240. The van der Waals surface area contributed by atoms with Crippen molar-refractivity contribution in [2.45, 2.75) is 37.0 Å². The van der Waals surface area contributed by atoms with Gasteiger partial charge in [-0.25, -0.2) is 13.2 Å². The molecule has 2 aliphatic rings. The van der Waals surface area contributed by atoms with Crippen LogP contribution in [-0.4, -0.2) is 57.4 Å². The summed E-state index contributed by atoms with van der Waals surface area (Å²) in [5.41, 5.74) is 1.33. The van der Waals surface area contributed by atoms with Gasteiger partial charge in [-0.1, -0.05) is 18.6 Å². The average molecular weight is 497 g/mol. The number of nitrogens with zero attached hydrogens (tertiary/aromatic N) is 3. The number of anilines is 2. The molecule has 2 saturated heterocycles. The zero-order valence-electron chi connectivity index (χ0n) is 19.4. The maximum atomic E-state index is 13.2. The first-order valence-electron chi connectivity index (χ1n) is 11.8. The summed E-state index contributed by atoms with van der Waals surface area (Å²) in [5, 5.41) is 11.7. The van der Waals surface area contributed by atoms with Crippen LogP contribution in [0.5, 0.6) is 0 Å². The van der Waals surface area contributed by atoms with Gasteiger partial charge in [0.05, 0.1) is 27.4 Å². The highest BCUT2D eigenvalue weighted by atomic mass is 32.2. The predicted octanol–water partition coefficient (Wildman–Crippen LogP) is 3.13. The van der Waals surface area contributed by atoms with Gasteiger partial charge in [-0.15, -0.1) is 0 Å². The van der Waals surface area contributed by atoms with Crippen molar-refractivity contribution >= 4 is 33.3 Å². The highest BCUT2D eigenvalue weighted by Crippen LogP contribution is 2.30. The fraction of sp³-hybridized carbons (Fsp3) is 0.400. The second kappa shape index (κ2) is 10.9. The minimum Gasteiger partial charge on any atom is -0.452 e. The van der Waals surface area contributed by atoms with Gasteiger partial charge < -0.3 is 15.0 Å². The summed E-state index contributed by atoms with van der Waals surface area (Å²) in [6.07, 6.45) is 4.57. The summed E-state index contributed by atoms with van der Waals surface area (Å²) in [4.78, 5) is 27.5. The Balaban J connectivity index is 1.54. The number of carbonyl (C=O) groups is 2. The standard InChI is InChI=1S/C25H28N4O5S/c26-17-19-8-2-3-9-22(19)27-24(30)18-34-25(31)21-16-20(10-11-23(21)28-12-6-7-13-28)35(32,33)29-14-4-1-5-15-29/h2-3,8-11,16H,1,4-7,12-15,18H2,(H,27,30). The van der Waals surface area contributed by atoms with E-state index in [2.05, 4.69) is 5.32 Å². The van der Waals surface area contributed by atoms with E-state index in [1.807, 2.05) is 11.0 Å². The van der Waals surface area contributed by atoms with Gasteiger partial charge in [0.2, 0.25) is 10.0 Å². The largest absolute Gasteiger partial charge is 0.452 e. The smallest absolute Gasteiger partial charge is 0.340 e. The Kier molecular flexibility index (Phi) is 7.68. The maximum Gasteiger partial charge on any atom is 0.340 e. The quantitative estimate of drug-likeness (QED) is 0.585. The fourth-order valence-electron chi connectivity index (χ4n) is 4.41. The molecule has 0 aliphatic carbocycles. The van der Waals surface area contributed by atoms with Crippen LogP contribution in [-0.2, 0) is 19.6 Å². The van der Waals surface area contributed by atoms with E-state index in [-0.39, 0.29) is 10.5 Å². The summed E-state index contributed by atoms with van der Waals surface area (Å²) in [6, 6.07) is 13.1. The molecule has 2 aliphatic heterocycles. The van der Waals surface area contributed by atoms with Crippen LogP contribution < -0.4 is 10.2 Å². The summed E-state index contributed by atoms with van der Waals surface area (Å²) < 4.78 is 33.1. The number of carbonyl (C=O) groups excluding carboxylic acids is 2. The van der Waals surface area contributed by atoms with Gasteiger partial charge >= 0.3 is 5.97 Å². The number of sulfonamides is 1. The van der Waals surface area contributed by atoms with Crippen molar-refractivity contribution in [2.75, 3.05) is 43.0 Å². The number of rotatable bonds is 7. The molecule has 10 heteroatoms. The van der Waals surface area contributed by atoms with Gasteiger partial charge in [-0.05, 0) is 56.0 Å². The minimum absolute atomic E-state index is 0.0432. The van der Waals surface area contributed by atoms with E-state index in [4.69, 9.17) is 4.74 Å².